The lowest BCUT2D eigenvalue weighted by molar-refractivity contribution is -0.122. The standard InChI is InChI=1S/C19H24N2O4S2/c1-5-26-18-9-7-6-8-17(18)20-19(22)14(2)25-16-12-10-15(11-13-16)21(3)27(4,23)24/h6-14H,5H2,1-4H3,(H,20,22)/t14-/m0/s1. The maximum Gasteiger partial charge on any atom is 0.265 e. The number of thioether (sulfide) groups is 1. The van der Waals surface area contributed by atoms with Crippen molar-refractivity contribution >= 4 is 39.1 Å². The third-order valence-corrected chi connectivity index (χ3v) is 5.99. The number of hydrogen-bond donors (Lipinski definition) is 1. The normalized spacial score (nSPS) is 12.3. The Morgan fingerprint density at radius 2 is 1.81 bits per heavy atom. The lowest BCUT2D eigenvalue weighted by atomic mass is 10.2. The van der Waals surface area contributed by atoms with Gasteiger partial charge >= 0.3 is 0 Å². The number of ether oxygens (including phenoxy) is 1. The molecule has 0 aliphatic rings. The fourth-order valence-electron chi connectivity index (χ4n) is 2.27. The van der Waals surface area contributed by atoms with Gasteiger partial charge in [0.2, 0.25) is 10.0 Å². The number of rotatable bonds is 8. The summed E-state index contributed by atoms with van der Waals surface area (Å²) in [6, 6.07) is 14.2. The molecule has 2 aromatic rings. The zero-order valence-electron chi connectivity index (χ0n) is 15.8. The highest BCUT2D eigenvalue weighted by Crippen LogP contribution is 2.27. The smallest absolute Gasteiger partial charge is 0.265 e. The van der Waals surface area contributed by atoms with E-state index in [2.05, 4.69) is 12.2 Å². The average Bonchev–Trinajstić information content (AvgIpc) is 2.62. The number of sulfonamides is 1. The van der Waals surface area contributed by atoms with Gasteiger partial charge in [-0.3, -0.25) is 9.10 Å². The first-order valence-electron chi connectivity index (χ1n) is 8.45. The fourth-order valence-corrected chi connectivity index (χ4v) is 3.53. The maximum atomic E-state index is 12.4. The monoisotopic (exact) mass is 408 g/mol. The number of amides is 1. The van der Waals surface area contributed by atoms with Gasteiger partial charge < -0.3 is 10.1 Å². The summed E-state index contributed by atoms with van der Waals surface area (Å²) in [4.78, 5) is 13.5. The van der Waals surface area contributed by atoms with E-state index in [4.69, 9.17) is 4.74 Å². The zero-order valence-corrected chi connectivity index (χ0v) is 17.4. The molecule has 1 atom stereocenters. The van der Waals surface area contributed by atoms with E-state index in [0.29, 0.717) is 11.4 Å². The lowest BCUT2D eigenvalue weighted by Crippen LogP contribution is -2.30. The Balaban J connectivity index is 2.02. The molecule has 0 fully saturated rings. The first-order valence-corrected chi connectivity index (χ1v) is 11.3. The van der Waals surface area contributed by atoms with E-state index in [1.807, 2.05) is 24.3 Å². The Kier molecular flexibility index (Phi) is 7.15. The first-order chi connectivity index (χ1) is 12.7. The van der Waals surface area contributed by atoms with E-state index in [1.165, 1.54) is 11.4 Å². The SMILES string of the molecule is CCSc1ccccc1NC(=O)[C@H](C)Oc1ccc(N(C)S(C)(=O)=O)cc1. The van der Waals surface area contributed by atoms with Gasteiger partial charge in [0.15, 0.2) is 6.10 Å². The topological polar surface area (TPSA) is 75.7 Å². The Bertz CT molecular complexity index is 883. The summed E-state index contributed by atoms with van der Waals surface area (Å²) in [6.07, 6.45) is 0.432. The van der Waals surface area contributed by atoms with Crippen molar-refractivity contribution in [2.75, 3.05) is 28.7 Å². The molecule has 0 radical (unpaired) electrons. The number of anilines is 2. The van der Waals surface area contributed by atoms with Crippen molar-refractivity contribution < 1.29 is 17.9 Å². The molecule has 0 saturated heterocycles. The molecule has 2 rings (SSSR count). The summed E-state index contributed by atoms with van der Waals surface area (Å²) in [5.74, 6) is 1.14. The molecule has 0 bridgehead atoms. The van der Waals surface area contributed by atoms with E-state index >= 15 is 0 Å². The number of carbonyl (C=O) groups excluding carboxylic acids is 1. The van der Waals surface area contributed by atoms with Crippen LogP contribution in [0.15, 0.2) is 53.4 Å². The molecular weight excluding hydrogens is 384 g/mol. The highest BCUT2D eigenvalue weighted by molar-refractivity contribution is 7.99. The van der Waals surface area contributed by atoms with Crippen LogP contribution in [0.3, 0.4) is 0 Å². The van der Waals surface area contributed by atoms with Crippen LogP contribution in [0, 0.1) is 0 Å². The van der Waals surface area contributed by atoms with E-state index in [9.17, 15) is 13.2 Å². The molecule has 0 unspecified atom stereocenters. The summed E-state index contributed by atoms with van der Waals surface area (Å²) < 4.78 is 30.0. The van der Waals surface area contributed by atoms with Crippen LogP contribution < -0.4 is 14.4 Å². The van der Waals surface area contributed by atoms with Gasteiger partial charge in [-0.1, -0.05) is 19.1 Å². The molecule has 0 aromatic heterocycles. The van der Waals surface area contributed by atoms with Crippen LogP contribution in [0.5, 0.6) is 5.75 Å². The van der Waals surface area contributed by atoms with Crippen molar-refractivity contribution in [1.29, 1.82) is 0 Å². The zero-order chi connectivity index (χ0) is 20.0. The lowest BCUT2D eigenvalue weighted by Gasteiger charge is -2.18. The summed E-state index contributed by atoms with van der Waals surface area (Å²) in [7, 11) is -1.84. The predicted molar refractivity (Wildman–Crippen MR) is 111 cm³/mol. The summed E-state index contributed by atoms with van der Waals surface area (Å²) in [6.45, 7) is 3.72. The molecule has 1 N–H and O–H groups in total. The van der Waals surface area contributed by atoms with E-state index in [0.717, 1.165) is 22.6 Å². The number of nitrogens with zero attached hydrogens (tertiary/aromatic N) is 1. The van der Waals surface area contributed by atoms with Crippen molar-refractivity contribution in [2.45, 2.75) is 24.8 Å². The predicted octanol–water partition coefficient (Wildman–Crippen LogP) is 3.60. The van der Waals surface area contributed by atoms with Crippen LogP contribution in [-0.2, 0) is 14.8 Å². The van der Waals surface area contributed by atoms with Gasteiger partial charge in [0.05, 0.1) is 17.6 Å². The Morgan fingerprint density at radius 3 is 2.41 bits per heavy atom. The van der Waals surface area contributed by atoms with E-state index < -0.39 is 16.1 Å². The van der Waals surface area contributed by atoms with Crippen LogP contribution in [0.2, 0.25) is 0 Å². The summed E-state index contributed by atoms with van der Waals surface area (Å²) in [5.41, 5.74) is 1.28. The third-order valence-electron chi connectivity index (χ3n) is 3.82. The molecule has 6 nitrogen and oxygen atoms in total. The van der Waals surface area contributed by atoms with Crippen molar-refractivity contribution in [3.63, 3.8) is 0 Å². The largest absolute Gasteiger partial charge is 0.481 e. The van der Waals surface area contributed by atoms with Gasteiger partial charge in [-0.05, 0) is 49.1 Å². The highest BCUT2D eigenvalue weighted by Gasteiger charge is 2.17. The van der Waals surface area contributed by atoms with Crippen molar-refractivity contribution in [3.8, 4) is 5.75 Å². The Labute approximate surface area is 165 Å². The summed E-state index contributed by atoms with van der Waals surface area (Å²) in [5, 5.41) is 2.89. The Hall–Kier alpha value is -2.19. The molecule has 0 heterocycles. The molecule has 0 spiro atoms. The average molecular weight is 409 g/mol. The van der Waals surface area contributed by atoms with Crippen molar-refractivity contribution in [1.82, 2.24) is 0 Å². The quantitative estimate of drug-likeness (QED) is 0.676. The number of nitrogens with one attached hydrogen (secondary N) is 1. The van der Waals surface area contributed by atoms with Crippen molar-refractivity contribution in [2.24, 2.45) is 0 Å². The maximum absolute atomic E-state index is 12.4. The second-order valence-corrected chi connectivity index (χ2v) is 9.22. The minimum atomic E-state index is -3.32. The highest BCUT2D eigenvalue weighted by atomic mass is 32.2. The molecule has 1 amide bonds. The second-order valence-electron chi connectivity index (χ2n) is 5.90. The summed E-state index contributed by atoms with van der Waals surface area (Å²) >= 11 is 1.66. The molecular formula is C19H24N2O4S2. The molecule has 2 aromatic carbocycles. The molecule has 0 saturated carbocycles. The van der Waals surface area contributed by atoms with Gasteiger partial charge in [-0.15, -0.1) is 11.8 Å². The van der Waals surface area contributed by atoms with Gasteiger partial charge in [-0.2, -0.15) is 0 Å². The van der Waals surface area contributed by atoms with E-state index in [-0.39, 0.29) is 5.91 Å². The van der Waals surface area contributed by atoms with Crippen LogP contribution >= 0.6 is 11.8 Å². The molecule has 0 aliphatic carbocycles. The molecule has 27 heavy (non-hydrogen) atoms. The van der Waals surface area contributed by atoms with Gasteiger partial charge in [0, 0.05) is 11.9 Å². The molecule has 0 aliphatic heterocycles. The van der Waals surface area contributed by atoms with E-state index in [1.54, 1.807) is 43.0 Å². The molecule has 146 valence electrons. The third kappa shape index (κ3) is 5.90. The van der Waals surface area contributed by atoms with Gasteiger partial charge in [0.1, 0.15) is 5.75 Å². The minimum Gasteiger partial charge on any atom is -0.481 e. The minimum absolute atomic E-state index is 0.253. The van der Waals surface area contributed by atoms with Crippen LogP contribution in [-0.4, -0.2) is 39.5 Å². The number of hydrogen-bond acceptors (Lipinski definition) is 5. The van der Waals surface area contributed by atoms with Gasteiger partial charge in [-0.25, -0.2) is 8.42 Å². The number of benzene rings is 2. The van der Waals surface area contributed by atoms with Crippen LogP contribution in [0.1, 0.15) is 13.8 Å². The Morgan fingerprint density at radius 1 is 1.19 bits per heavy atom. The fraction of sp³-hybridized carbons (Fsp3) is 0.316. The van der Waals surface area contributed by atoms with Crippen LogP contribution in [0.4, 0.5) is 11.4 Å². The number of para-hydroxylation sites is 1. The second kappa shape index (κ2) is 9.14. The van der Waals surface area contributed by atoms with Crippen molar-refractivity contribution in [3.05, 3.63) is 48.5 Å². The molecule has 8 heteroatoms. The van der Waals surface area contributed by atoms with Gasteiger partial charge in [0.25, 0.3) is 5.91 Å². The van der Waals surface area contributed by atoms with Crippen LogP contribution in [0.25, 0.3) is 0 Å². The number of carbonyl (C=O) groups is 1. The first kappa shape index (κ1) is 21.1.